The summed E-state index contributed by atoms with van der Waals surface area (Å²) >= 11 is 1.68. The standard InChI is InChI=1S/C21H19F2NO2S/c1-13-8-21(25)24(2)11-17(13)16-9-14(12-27-3)4-6-19(16)26-20-7-5-15(22)10-18(20)23/h4-11H,12H2,1-3H3. The third-order valence-electron chi connectivity index (χ3n) is 4.19. The zero-order valence-corrected chi connectivity index (χ0v) is 16.1. The topological polar surface area (TPSA) is 31.2 Å². The second-order valence-electron chi connectivity index (χ2n) is 6.26. The van der Waals surface area contributed by atoms with Gasteiger partial charge in [-0.1, -0.05) is 6.07 Å². The van der Waals surface area contributed by atoms with Crippen molar-refractivity contribution in [1.29, 1.82) is 0 Å². The Morgan fingerprint density at radius 1 is 1.04 bits per heavy atom. The van der Waals surface area contributed by atoms with Crippen LogP contribution >= 0.6 is 11.8 Å². The molecule has 0 spiro atoms. The fraction of sp³-hybridized carbons (Fsp3) is 0.190. The van der Waals surface area contributed by atoms with E-state index in [0.29, 0.717) is 5.75 Å². The first kappa shape index (κ1) is 19.2. The van der Waals surface area contributed by atoms with Gasteiger partial charge in [0.2, 0.25) is 0 Å². The molecule has 140 valence electrons. The molecule has 3 nitrogen and oxygen atoms in total. The van der Waals surface area contributed by atoms with E-state index in [1.165, 1.54) is 10.6 Å². The van der Waals surface area contributed by atoms with E-state index in [-0.39, 0.29) is 11.3 Å². The summed E-state index contributed by atoms with van der Waals surface area (Å²) in [7, 11) is 1.68. The van der Waals surface area contributed by atoms with E-state index < -0.39 is 11.6 Å². The highest BCUT2D eigenvalue weighted by molar-refractivity contribution is 7.97. The zero-order valence-electron chi connectivity index (χ0n) is 15.3. The van der Waals surface area contributed by atoms with Crippen molar-refractivity contribution in [3.63, 3.8) is 0 Å². The van der Waals surface area contributed by atoms with Crippen molar-refractivity contribution in [2.45, 2.75) is 12.7 Å². The first-order chi connectivity index (χ1) is 12.9. The van der Waals surface area contributed by atoms with Crippen LogP contribution in [0.5, 0.6) is 11.5 Å². The highest BCUT2D eigenvalue weighted by atomic mass is 32.2. The van der Waals surface area contributed by atoms with E-state index in [2.05, 4.69) is 0 Å². The molecule has 0 radical (unpaired) electrons. The molecule has 0 N–H and O–H groups in total. The second-order valence-corrected chi connectivity index (χ2v) is 7.13. The van der Waals surface area contributed by atoms with Gasteiger partial charge in [-0.2, -0.15) is 11.8 Å². The van der Waals surface area contributed by atoms with Gasteiger partial charge in [0, 0.05) is 42.3 Å². The Kier molecular flexibility index (Phi) is 5.65. The van der Waals surface area contributed by atoms with E-state index in [1.807, 2.05) is 25.3 Å². The number of nitrogens with zero attached hydrogens (tertiary/aromatic N) is 1. The molecular weight excluding hydrogens is 368 g/mol. The molecule has 0 fully saturated rings. The number of ether oxygens (including phenoxy) is 1. The van der Waals surface area contributed by atoms with Gasteiger partial charge in [0.15, 0.2) is 11.6 Å². The predicted molar refractivity (Wildman–Crippen MR) is 106 cm³/mol. The molecular formula is C21H19F2NO2S. The highest BCUT2D eigenvalue weighted by Gasteiger charge is 2.14. The van der Waals surface area contributed by atoms with Gasteiger partial charge in [0.05, 0.1) is 0 Å². The molecule has 0 aliphatic carbocycles. The molecule has 0 aliphatic heterocycles. The van der Waals surface area contributed by atoms with Crippen LogP contribution in [0.3, 0.4) is 0 Å². The summed E-state index contributed by atoms with van der Waals surface area (Å²) in [5, 5.41) is 0. The fourth-order valence-corrected chi connectivity index (χ4v) is 3.33. The average Bonchev–Trinajstić information content (AvgIpc) is 2.62. The van der Waals surface area contributed by atoms with Gasteiger partial charge in [-0.25, -0.2) is 8.78 Å². The Hall–Kier alpha value is -2.60. The normalized spacial score (nSPS) is 10.9. The lowest BCUT2D eigenvalue weighted by Gasteiger charge is -2.16. The van der Waals surface area contributed by atoms with Crippen molar-refractivity contribution in [3.8, 4) is 22.6 Å². The van der Waals surface area contributed by atoms with Crippen molar-refractivity contribution in [2.24, 2.45) is 7.05 Å². The van der Waals surface area contributed by atoms with Gasteiger partial charge in [-0.3, -0.25) is 4.79 Å². The van der Waals surface area contributed by atoms with Crippen LogP contribution in [0.25, 0.3) is 11.1 Å². The van der Waals surface area contributed by atoms with E-state index in [0.717, 1.165) is 40.1 Å². The average molecular weight is 387 g/mol. The van der Waals surface area contributed by atoms with Crippen LogP contribution in [0.1, 0.15) is 11.1 Å². The maximum atomic E-state index is 14.1. The molecule has 0 saturated carbocycles. The van der Waals surface area contributed by atoms with Crippen molar-refractivity contribution >= 4 is 11.8 Å². The van der Waals surface area contributed by atoms with Gasteiger partial charge in [0.25, 0.3) is 5.56 Å². The number of pyridine rings is 1. The van der Waals surface area contributed by atoms with E-state index in [9.17, 15) is 13.6 Å². The lowest BCUT2D eigenvalue weighted by molar-refractivity contribution is 0.439. The van der Waals surface area contributed by atoms with Crippen LogP contribution in [0, 0.1) is 18.6 Å². The molecule has 0 aliphatic rings. The zero-order chi connectivity index (χ0) is 19.6. The summed E-state index contributed by atoms with van der Waals surface area (Å²) in [6, 6.07) is 10.4. The maximum absolute atomic E-state index is 14.1. The Balaban J connectivity index is 2.14. The summed E-state index contributed by atoms with van der Waals surface area (Å²) in [5.74, 6) is -0.247. The first-order valence-electron chi connectivity index (χ1n) is 8.31. The number of aryl methyl sites for hydroxylation is 2. The summed E-state index contributed by atoms with van der Waals surface area (Å²) in [6.45, 7) is 1.85. The summed E-state index contributed by atoms with van der Waals surface area (Å²) in [4.78, 5) is 11.9. The molecule has 6 heteroatoms. The van der Waals surface area contributed by atoms with Crippen LogP contribution in [0.15, 0.2) is 53.5 Å². The molecule has 0 bridgehead atoms. The van der Waals surface area contributed by atoms with Crippen molar-refractivity contribution in [2.75, 3.05) is 6.26 Å². The van der Waals surface area contributed by atoms with Gasteiger partial charge in [-0.15, -0.1) is 0 Å². The minimum Gasteiger partial charge on any atom is -0.454 e. The SMILES string of the molecule is CSCc1ccc(Oc2ccc(F)cc2F)c(-c2cn(C)c(=O)cc2C)c1. The Bertz CT molecular complexity index is 1050. The molecule has 0 amide bonds. The van der Waals surface area contributed by atoms with Crippen LogP contribution < -0.4 is 10.3 Å². The largest absolute Gasteiger partial charge is 0.454 e. The monoisotopic (exact) mass is 387 g/mol. The van der Waals surface area contributed by atoms with Crippen LogP contribution in [-0.2, 0) is 12.8 Å². The van der Waals surface area contributed by atoms with Crippen molar-refractivity contribution in [3.05, 3.63) is 81.8 Å². The summed E-state index contributed by atoms with van der Waals surface area (Å²) in [5.41, 5.74) is 3.33. The quantitative estimate of drug-likeness (QED) is 0.596. The second kappa shape index (κ2) is 7.96. The number of rotatable bonds is 5. The number of hydrogen-bond donors (Lipinski definition) is 0. The van der Waals surface area contributed by atoms with Gasteiger partial charge in [-0.05, 0) is 48.6 Å². The Labute approximate surface area is 160 Å². The van der Waals surface area contributed by atoms with Crippen LogP contribution in [0.4, 0.5) is 8.78 Å². The summed E-state index contributed by atoms with van der Waals surface area (Å²) < 4.78 is 34.5. The van der Waals surface area contributed by atoms with Gasteiger partial charge in [0.1, 0.15) is 11.6 Å². The Morgan fingerprint density at radius 2 is 1.78 bits per heavy atom. The highest BCUT2D eigenvalue weighted by Crippen LogP contribution is 2.36. The molecule has 3 rings (SSSR count). The molecule has 2 aromatic carbocycles. The summed E-state index contributed by atoms with van der Waals surface area (Å²) in [6.07, 6.45) is 3.75. The van der Waals surface area contributed by atoms with Gasteiger partial charge >= 0.3 is 0 Å². The molecule has 0 unspecified atom stereocenters. The van der Waals surface area contributed by atoms with Crippen LogP contribution in [-0.4, -0.2) is 10.8 Å². The van der Waals surface area contributed by atoms with Crippen molar-refractivity contribution < 1.29 is 13.5 Å². The molecule has 1 aromatic heterocycles. The molecule has 0 saturated heterocycles. The molecule has 1 heterocycles. The van der Waals surface area contributed by atoms with Gasteiger partial charge < -0.3 is 9.30 Å². The number of thioether (sulfide) groups is 1. The lowest BCUT2D eigenvalue weighted by Crippen LogP contribution is -2.15. The minimum absolute atomic E-state index is 0.0576. The lowest BCUT2D eigenvalue weighted by atomic mass is 10.00. The number of aromatic nitrogens is 1. The third-order valence-corrected chi connectivity index (χ3v) is 4.82. The third kappa shape index (κ3) is 4.22. The maximum Gasteiger partial charge on any atom is 0.250 e. The molecule has 0 atom stereocenters. The molecule has 3 aromatic rings. The predicted octanol–water partition coefficient (Wildman–Crippen LogP) is 5.29. The Morgan fingerprint density at radius 3 is 2.48 bits per heavy atom. The van der Waals surface area contributed by atoms with E-state index >= 15 is 0 Å². The molecule has 27 heavy (non-hydrogen) atoms. The first-order valence-corrected chi connectivity index (χ1v) is 9.71. The number of benzene rings is 2. The number of halogens is 2. The number of hydrogen-bond acceptors (Lipinski definition) is 3. The van der Waals surface area contributed by atoms with E-state index in [4.69, 9.17) is 4.74 Å². The van der Waals surface area contributed by atoms with E-state index in [1.54, 1.807) is 37.1 Å². The smallest absolute Gasteiger partial charge is 0.250 e. The van der Waals surface area contributed by atoms with Crippen molar-refractivity contribution in [1.82, 2.24) is 4.57 Å². The van der Waals surface area contributed by atoms with Crippen LogP contribution in [0.2, 0.25) is 0 Å². The minimum atomic E-state index is -0.772. The fourth-order valence-electron chi connectivity index (χ4n) is 2.82.